The molecule has 4 rings (SSSR count). The van der Waals surface area contributed by atoms with Gasteiger partial charge < -0.3 is 5.32 Å². The number of amides is 1. The van der Waals surface area contributed by atoms with Crippen LogP contribution in [0.3, 0.4) is 0 Å². The number of aromatic nitrogens is 1. The fraction of sp³-hybridized carbons (Fsp3) is 0.200. The molecule has 0 bridgehead atoms. The monoisotopic (exact) mass is 383 g/mol. The van der Waals surface area contributed by atoms with Crippen molar-refractivity contribution >= 4 is 45.9 Å². The van der Waals surface area contributed by atoms with Crippen LogP contribution in [-0.4, -0.2) is 17.9 Å². The zero-order valence-electron chi connectivity index (χ0n) is 14.2. The summed E-state index contributed by atoms with van der Waals surface area (Å²) in [6.45, 7) is 0. The molecule has 1 aliphatic rings. The number of nitrogens with one attached hydrogen (secondary N) is 2. The second-order valence-corrected chi connectivity index (χ2v) is 7.86. The van der Waals surface area contributed by atoms with Crippen LogP contribution in [0.25, 0.3) is 10.8 Å². The zero-order chi connectivity index (χ0) is 18.1. The standard InChI is InChI=1S/C20H18ClN3OS/c1-22-26-15-6-3-12(4-7-15)16-9-18(16)20(25)24-14-5-2-13-10-23-11-19(21)17(13)8-14/h2-8,10-11,16,18,22H,9H2,1H3,(H,24,25). The summed E-state index contributed by atoms with van der Waals surface area (Å²) in [4.78, 5) is 17.8. The van der Waals surface area contributed by atoms with Crippen molar-refractivity contribution in [2.45, 2.75) is 17.2 Å². The number of rotatable bonds is 5. The van der Waals surface area contributed by atoms with Crippen LogP contribution < -0.4 is 10.0 Å². The van der Waals surface area contributed by atoms with Gasteiger partial charge in [-0.1, -0.05) is 29.8 Å². The highest BCUT2D eigenvalue weighted by Crippen LogP contribution is 2.48. The molecular weight excluding hydrogens is 366 g/mol. The first-order valence-corrected chi connectivity index (χ1v) is 9.63. The maximum atomic E-state index is 12.6. The first kappa shape index (κ1) is 17.3. The highest BCUT2D eigenvalue weighted by atomic mass is 35.5. The third kappa shape index (κ3) is 3.56. The summed E-state index contributed by atoms with van der Waals surface area (Å²) in [5, 5.41) is 5.46. The Morgan fingerprint density at radius 2 is 2.00 bits per heavy atom. The van der Waals surface area contributed by atoms with Gasteiger partial charge in [0, 0.05) is 39.7 Å². The fourth-order valence-corrected chi connectivity index (χ4v) is 3.92. The largest absolute Gasteiger partial charge is 0.326 e. The van der Waals surface area contributed by atoms with Gasteiger partial charge in [0.05, 0.1) is 5.02 Å². The molecule has 0 aliphatic heterocycles. The highest BCUT2D eigenvalue weighted by molar-refractivity contribution is 7.97. The molecule has 0 saturated heterocycles. The summed E-state index contributed by atoms with van der Waals surface area (Å²) < 4.78 is 3.06. The lowest BCUT2D eigenvalue weighted by molar-refractivity contribution is -0.117. The van der Waals surface area contributed by atoms with Crippen LogP contribution in [-0.2, 0) is 4.79 Å². The van der Waals surface area contributed by atoms with Gasteiger partial charge in [0.15, 0.2) is 0 Å². The number of pyridine rings is 1. The van der Waals surface area contributed by atoms with Crippen molar-refractivity contribution in [1.82, 2.24) is 9.71 Å². The Morgan fingerprint density at radius 3 is 2.77 bits per heavy atom. The molecule has 1 fully saturated rings. The number of hydrogen-bond acceptors (Lipinski definition) is 4. The van der Waals surface area contributed by atoms with E-state index in [1.54, 1.807) is 24.3 Å². The number of fused-ring (bicyclic) bond motifs is 1. The van der Waals surface area contributed by atoms with E-state index in [2.05, 4.69) is 39.3 Å². The number of carbonyl (C=O) groups is 1. The zero-order valence-corrected chi connectivity index (χ0v) is 15.8. The highest BCUT2D eigenvalue weighted by Gasteiger charge is 2.43. The van der Waals surface area contributed by atoms with Gasteiger partial charge in [0.2, 0.25) is 5.91 Å². The molecule has 26 heavy (non-hydrogen) atoms. The van der Waals surface area contributed by atoms with Crippen molar-refractivity contribution in [2.24, 2.45) is 5.92 Å². The summed E-state index contributed by atoms with van der Waals surface area (Å²) >= 11 is 7.78. The van der Waals surface area contributed by atoms with Crippen LogP contribution in [0, 0.1) is 5.92 Å². The molecule has 4 nitrogen and oxygen atoms in total. The first-order chi connectivity index (χ1) is 12.7. The molecule has 6 heteroatoms. The van der Waals surface area contributed by atoms with E-state index in [9.17, 15) is 4.79 Å². The smallest absolute Gasteiger partial charge is 0.228 e. The van der Waals surface area contributed by atoms with Gasteiger partial charge in [-0.05, 0) is 61.2 Å². The lowest BCUT2D eigenvalue weighted by Gasteiger charge is -2.07. The minimum Gasteiger partial charge on any atom is -0.326 e. The van der Waals surface area contributed by atoms with E-state index >= 15 is 0 Å². The summed E-state index contributed by atoms with van der Waals surface area (Å²) in [5.74, 6) is 0.395. The summed E-state index contributed by atoms with van der Waals surface area (Å²) in [5.41, 5.74) is 1.99. The topological polar surface area (TPSA) is 54.0 Å². The lowest BCUT2D eigenvalue weighted by Crippen LogP contribution is -2.14. The molecule has 132 valence electrons. The Balaban J connectivity index is 1.44. The normalized spacial score (nSPS) is 18.7. The van der Waals surface area contributed by atoms with Crippen LogP contribution in [0.4, 0.5) is 5.69 Å². The summed E-state index contributed by atoms with van der Waals surface area (Å²) in [6.07, 6.45) is 4.27. The minimum absolute atomic E-state index is 0.0291. The van der Waals surface area contributed by atoms with E-state index in [4.69, 9.17) is 11.6 Å². The van der Waals surface area contributed by atoms with Gasteiger partial charge in [0.25, 0.3) is 0 Å². The predicted molar refractivity (Wildman–Crippen MR) is 108 cm³/mol. The lowest BCUT2D eigenvalue weighted by atomic mass is 10.1. The quantitative estimate of drug-likeness (QED) is 0.618. The van der Waals surface area contributed by atoms with Crippen molar-refractivity contribution in [2.75, 3.05) is 12.4 Å². The molecule has 3 aromatic rings. The molecule has 1 saturated carbocycles. The Labute approximate surface area is 161 Å². The van der Waals surface area contributed by atoms with Gasteiger partial charge in [-0.2, -0.15) is 0 Å². The van der Waals surface area contributed by atoms with Crippen molar-refractivity contribution < 1.29 is 4.79 Å². The van der Waals surface area contributed by atoms with Gasteiger partial charge in [-0.25, -0.2) is 0 Å². The molecule has 2 atom stereocenters. The number of hydrogen-bond donors (Lipinski definition) is 2. The van der Waals surface area contributed by atoms with Crippen molar-refractivity contribution in [1.29, 1.82) is 0 Å². The van der Waals surface area contributed by atoms with Crippen LogP contribution in [0.1, 0.15) is 17.9 Å². The van der Waals surface area contributed by atoms with E-state index in [1.165, 1.54) is 10.5 Å². The Bertz CT molecular complexity index is 961. The maximum absolute atomic E-state index is 12.6. The molecule has 0 spiro atoms. The van der Waals surface area contributed by atoms with E-state index < -0.39 is 0 Å². The molecule has 0 radical (unpaired) electrons. The third-order valence-corrected chi connectivity index (χ3v) is 5.65. The van der Waals surface area contributed by atoms with Gasteiger partial charge in [0.1, 0.15) is 0 Å². The SMILES string of the molecule is CNSc1ccc(C2CC2C(=O)Nc2ccc3cncc(Cl)c3c2)cc1. The average molecular weight is 384 g/mol. The molecule has 1 heterocycles. The van der Waals surface area contributed by atoms with Crippen molar-refractivity contribution in [3.05, 3.63) is 65.4 Å². The van der Waals surface area contributed by atoms with Gasteiger partial charge in [-0.15, -0.1) is 0 Å². The molecule has 2 aromatic carbocycles. The van der Waals surface area contributed by atoms with Crippen LogP contribution in [0.5, 0.6) is 0 Å². The predicted octanol–water partition coefficient (Wildman–Crippen LogP) is 4.86. The Hall–Kier alpha value is -2.08. The van der Waals surface area contributed by atoms with Crippen LogP contribution >= 0.6 is 23.5 Å². The van der Waals surface area contributed by atoms with Crippen LogP contribution in [0.2, 0.25) is 5.02 Å². The average Bonchev–Trinajstić information content (AvgIpc) is 3.44. The van der Waals surface area contributed by atoms with E-state index in [1.807, 2.05) is 25.2 Å². The van der Waals surface area contributed by atoms with Crippen molar-refractivity contribution in [3.63, 3.8) is 0 Å². The van der Waals surface area contributed by atoms with Gasteiger partial charge >= 0.3 is 0 Å². The van der Waals surface area contributed by atoms with E-state index in [0.29, 0.717) is 10.9 Å². The second-order valence-electron chi connectivity index (χ2n) is 6.37. The summed E-state index contributed by atoms with van der Waals surface area (Å²) in [6, 6.07) is 14.1. The number of benzene rings is 2. The number of halogens is 1. The molecule has 2 N–H and O–H groups in total. The number of carbonyl (C=O) groups excluding carboxylic acids is 1. The summed E-state index contributed by atoms with van der Waals surface area (Å²) in [7, 11) is 1.90. The van der Waals surface area contributed by atoms with E-state index in [0.717, 1.165) is 22.9 Å². The second kappa shape index (κ2) is 7.27. The number of anilines is 1. The molecule has 1 amide bonds. The van der Waals surface area contributed by atoms with E-state index in [-0.39, 0.29) is 11.8 Å². The number of nitrogens with zero attached hydrogens (tertiary/aromatic N) is 1. The Morgan fingerprint density at radius 1 is 1.19 bits per heavy atom. The van der Waals surface area contributed by atoms with Gasteiger partial charge in [-0.3, -0.25) is 14.5 Å². The van der Waals surface area contributed by atoms with Crippen molar-refractivity contribution in [3.8, 4) is 0 Å². The minimum atomic E-state index is 0.0291. The molecular formula is C20H18ClN3OS. The fourth-order valence-electron chi connectivity index (χ4n) is 3.20. The third-order valence-electron chi connectivity index (χ3n) is 4.64. The Kier molecular flexibility index (Phi) is 4.85. The molecule has 2 unspecified atom stereocenters. The molecule has 1 aliphatic carbocycles. The van der Waals surface area contributed by atoms with Crippen LogP contribution in [0.15, 0.2) is 59.8 Å². The first-order valence-electron chi connectivity index (χ1n) is 8.43. The molecule has 1 aromatic heterocycles. The maximum Gasteiger partial charge on any atom is 0.228 e.